The van der Waals surface area contributed by atoms with Gasteiger partial charge in [0.1, 0.15) is 11.6 Å². The quantitative estimate of drug-likeness (QED) is 0.482. The van der Waals surface area contributed by atoms with Gasteiger partial charge in [-0.05, 0) is 80.5 Å². The predicted octanol–water partition coefficient (Wildman–Crippen LogP) is 5.42. The summed E-state index contributed by atoms with van der Waals surface area (Å²) < 4.78 is 39.0. The van der Waals surface area contributed by atoms with Crippen molar-refractivity contribution in [1.82, 2.24) is 4.98 Å². The van der Waals surface area contributed by atoms with Crippen LogP contribution in [0.3, 0.4) is 0 Å². The normalized spacial score (nSPS) is 16.3. The molecule has 4 nitrogen and oxygen atoms in total. The molecule has 31 heavy (non-hydrogen) atoms. The number of ether oxygens (including phenoxy) is 2. The maximum Gasteiger partial charge on any atom is 0.165 e. The van der Waals surface area contributed by atoms with Crippen LogP contribution in [-0.4, -0.2) is 25.2 Å². The predicted molar refractivity (Wildman–Crippen MR) is 121 cm³/mol. The highest BCUT2D eigenvalue weighted by Gasteiger charge is 2.30. The van der Waals surface area contributed by atoms with Gasteiger partial charge < -0.3 is 20.2 Å². The van der Waals surface area contributed by atoms with Crippen molar-refractivity contribution in [2.45, 2.75) is 32.1 Å². The van der Waals surface area contributed by atoms with Crippen molar-refractivity contribution >= 4 is 23.3 Å². The monoisotopic (exact) mass is 450 g/mol. The van der Waals surface area contributed by atoms with Crippen LogP contribution in [0.5, 0.6) is 11.5 Å². The van der Waals surface area contributed by atoms with Crippen LogP contribution >= 0.6 is 12.4 Å². The van der Waals surface area contributed by atoms with Crippen LogP contribution in [0.2, 0.25) is 0 Å². The van der Waals surface area contributed by atoms with E-state index in [4.69, 9.17) is 15.2 Å². The van der Waals surface area contributed by atoms with Crippen molar-refractivity contribution < 1.29 is 18.3 Å². The number of fused-ring (bicyclic) bond motifs is 2. The Morgan fingerprint density at radius 2 is 2.06 bits per heavy atom. The molecular formula is C24H29ClF2N2O2. The van der Waals surface area contributed by atoms with E-state index in [1.807, 2.05) is 6.20 Å². The summed E-state index contributed by atoms with van der Waals surface area (Å²) in [7, 11) is 1.60. The first-order chi connectivity index (χ1) is 14.6. The molecular weight excluding hydrogens is 422 g/mol. The Morgan fingerprint density at radius 1 is 1.23 bits per heavy atom. The van der Waals surface area contributed by atoms with E-state index in [-0.39, 0.29) is 30.0 Å². The van der Waals surface area contributed by atoms with Crippen LogP contribution in [0.15, 0.2) is 36.5 Å². The molecule has 168 valence electrons. The minimum Gasteiger partial charge on any atom is -0.496 e. The lowest BCUT2D eigenvalue weighted by Gasteiger charge is -2.32. The van der Waals surface area contributed by atoms with Crippen LogP contribution in [0.1, 0.15) is 30.4 Å². The second kappa shape index (κ2) is 10.3. The molecule has 0 aliphatic carbocycles. The Balaban J connectivity index is 0.00000272. The van der Waals surface area contributed by atoms with Gasteiger partial charge in [-0.3, -0.25) is 0 Å². The van der Waals surface area contributed by atoms with E-state index in [0.29, 0.717) is 30.6 Å². The third-order valence-electron chi connectivity index (χ3n) is 6.25. The highest BCUT2D eigenvalue weighted by atomic mass is 35.5. The summed E-state index contributed by atoms with van der Waals surface area (Å²) in [5.74, 6) is 1.06. The average molecular weight is 451 g/mol. The molecule has 0 radical (unpaired) electrons. The number of aromatic nitrogens is 1. The average Bonchev–Trinajstić information content (AvgIpc) is 3.15. The highest BCUT2D eigenvalue weighted by Crippen LogP contribution is 2.40. The summed E-state index contributed by atoms with van der Waals surface area (Å²) in [5.41, 5.74) is 8.79. The van der Waals surface area contributed by atoms with E-state index in [1.54, 1.807) is 25.3 Å². The van der Waals surface area contributed by atoms with Crippen LogP contribution in [-0.2, 0) is 12.8 Å². The molecule has 1 aliphatic rings. The molecule has 4 rings (SSSR count). The Morgan fingerprint density at radius 3 is 2.84 bits per heavy atom. The van der Waals surface area contributed by atoms with E-state index in [2.05, 4.69) is 4.98 Å². The fourth-order valence-corrected chi connectivity index (χ4v) is 4.68. The number of benzene rings is 2. The number of halogens is 3. The van der Waals surface area contributed by atoms with E-state index in [1.165, 1.54) is 12.1 Å². The van der Waals surface area contributed by atoms with Gasteiger partial charge >= 0.3 is 0 Å². The van der Waals surface area contributed by atoms with E-state index >= 15 is 0 Å². The maximum atomic E-state index is 14.1. The molecule has 1 aliphatic heterocycles. The van der Waals surface area contributed by atoms with Gasteiger partial charge in [0.25, 0.3) is 0 Å². The molecule has 0 spiro atoms. The SMILES string of the molecule is COc1ccc(F)c2c1CC(C(CCN)CCCc1c[nH]c3ccc(F)cc13)CO2.Cl. The molecule has 0 saturated heterocycles. The van der Waals surface area contributed by atoms with Crippen LogP contribution < -0.4 is 15.2 Å². The van der Waals surface area contributed by atoms with Crippen molar-refractivity contribution in [2.24, 2.45) is 17.6 Å². The van der Waals surface area contributed by atoms with Gasteiger partial charge in [0.2, 0.25) is 0 Å². The Labute approximate surface area is 187 Å². The van der Waals surface area contributed by atoms with Crippen molar-refractivity contribution in [2.75, 3.05) is 20.3 Å². The third kappa shape index (κ3) is 4.96. The molecule has 2 aromatic carbocycles. The van der Waals surface area contributed by atoms with Crippen LogP contribution in [0.25, 0.3) is 10.9 Å². The number of hydrogen-bond acceptors (Lipinski definition) is 3. The lowest BCUT2D eigenvalue weighted by molar-refractivity contribution is 0.150. The zero-order chi connectivity index (χ0) is 21.1. The number of nitrogens with one attached hydrogen (secondary N) is 1. The smallest absolute Gasteiger partial charge is 0.165 e. The fraction of sp³-hybridized carbons (Fsp3) is 0.417. The molecule has 0 saturated carbocycles. The number of aromatic amines is 1. The summed E-state index contributed by atoms with van der Waals surface area (Å²) in [6, 6.07) is 7.88. The number of hydrogen-bond donors (Lipinski definition) is 2. The van der Waals surface area contributed by atoms with E-state index < -0.39 is 0 Å². The van der Waals surface area contributed by atoms with Crippen LogP contribution in [0, 0.1) is 23.5 Å². The number of aryl methyl sites for hydroxylation is 1. The van der Waals surface area contributed by atoms with E-state index in [0.717, 1.165) is 54.1 Å². The molecule has 2 heterocycles. The maximum absolute atomic E-state index is 14.1. The summed E-state index contributed by atoms with van der Waals surface area (Å²) >= 11 is 0. The van der Waals surface area contributed by atoms with Gasteiger partial charge in [-0.2, -0.15) is 0 Å². The van der Waals surface area contributed by atoms with Gasteiger partial charge in [0.15, 0.2) is 11.6 Å². The summed E-state index contributed by atoms with van der Waals surface area (Å²) in [5, 5.41) is 0.945. The van der Waals surface area contributed by atoms with Gasteiger partial charge in [0.05, 0.1) is 13.7 Å². The van der Waals surface area contributed by atoms with Crippen molar-refractivity contribution in [3.8, 4) is 11.5 Å². The Bertz CT molecular complexity index is 1020. The lowest BCUT2D eigenvalue weighted by atomic mass is 9.80. The molecule has 7 heteroatoms. The van der Waals surface area contributed by atoms with Crippen LogP contribution in [0.4, 0.5) is 8.78 Å². The van der Waals surface area contributed by atoms with Gasteiger partial charge in [0, 0.05) is 28.6 Å². The van der Waals surface area contributed by atoms with Gasteiger partial charge in [-0.1, -0.05) is 0 Å². The van der Waals surface area contributed by atoms with E-state index in [9.17, 15) is 8.78 Å². The molecule has 2 atom stereocenters. The zero-order valence-electron chi connectivity index (χ0n) is 17.6. The van der Waals surface area contributed by atoms with Crippen molar-refractivity contribution in [3.63, 3.8) is 0 Å². The first kappa shape index (κ1) is 23.4. The first-order valence-electron chi connectivity index (χ1n) is 10.5. The molecule has 0 amide bonds. The number of H-pyrrole nitrogens is 1. The first-order valence-corrected chi connectivity index (χ1v) is 10.5. The highest BCUT2D eigenvalue weighted by molar-refractivity contribution is 5.85. The molecule has 1 aromatic heterocycles. The second-order valence-corrected chi connectivity index (χ2v) is 8.07. The molecule has 0 fully saturated rings. The third-order valence-corrected chi connectivity index (χ3v) is 6.25. The standard InChI is InChI=1S/C24H28F2N2O2.ClH/c1-29-23-8-6-21(26)24-20(23)11-17(14-30-24)15(9-10-27)3-2-4-16-13-28-22-7-5-18(25)12-19(16)22;/h5-8,12-13,15,17,28H,2-4,9-11,14,27H2,1H3;1H. The molecule has 3 N–H and O–H groups in total. The lowest BCUT2D eigenvalue weighted by Crippen LogP contribution is -2.30. The largest absolute Gasteiger partial charge is 0.496 e. The van der Waals surface area contributed by atoms with Crippen molar-refractivity contribution in [3.05, 3.63) is 59.3 Å². The summed E-state index contributed by atoms with van der Waals surface area (Å²) in [6.45, 7) is 1.09. The number of rotatable bonds is 8. The fourth-order valence-electron chi connectivity index (χ4n) is 4.68. The summed E-state index contributed by atoms with van der Waals surface area (Å²) in [6.07, 6.45) is 6.41. The summed E-state index contributed by atoms with van der Waals surface area (Å²) in [4.78, 5) is 3.21. The van der Waals surface area contributed by atoms with Gasteiger partial charge in [-0.25, -0.2) is 8.78 Å². The second-order valence-electron chi connectivity index (χ2n) is 8.07. The Kier molecular flexibility index (Phi) is 7.79. The van der Waals surface area contributed by atoms with Gasteiger partial charge in [-0.15, -0.1) is 12.4 Å². The van der Waals surface area contributed by atoms with Crippen molar-refractivity contribution in [1.29, 1.82) is 0 Å². The number of nitrogens with two attached hydrogens (primary N) is 1. The Hall–Kier alpha value is -2.31. The number of methoxy groups -OCH3 is 1. The minimum absolute atomic E-state index is 0. The zero-order valence-corrected chi connectivity index (χ0v) is 18.4. The topological polar surface area (TPSA) is 60.3 Å². The molecule has 2 unspecified atom stereocenters. The molecule has 0 bridgehead atoms. The molecule has 3 aromatic rings. The minimum atomic E-state index is -0.341.